The van der Waals surface area contributed by atoms with Gasteiger partial charge in [-0.1, -0.05) is 42.5 Å². The molecule has 0 fully saturated rings. The number of anilines is 1. The molecule has 0 bridgehead atoms. The van der Waals surface area contributed by atoms with Gasteiger partial charge in [0.05, 0.1) is 5.69 Å². The fraction of sp³-hybridized carbons (Fsp3) is 0.0476. The molecule has 4 aromatic rings. The third kappa shape index (κ3) is 3.23. The van der Waals surface area contributed by atoms with Crippen LogP contribution in [0.5, 0.6) is 0 Å². The third-order valence-corrected chi connectivity index (χ3v) is 5.13. The highest BCUT2D eigenvalue weighted by molar-refractivity contribution is 7.15. The van der Waals surface area contributed by atoms with Gasteiger partial charge in [0.2, 0.25) is 0 Å². The van der Waals surface area contributed by atoms with E-state index in [1.54, 1.807) is 24.3 Å². The summed E-state index contributed by atoms with van der Waals surface area (Å²) in [6.45, 7) is 1.45. The molecule has 0 unspecified atom stereocenters. The maximum atomic E-state index is 13.0. The van der Waals surface area contributed by atoms with E-state index in [0.29, 0.717) is 21.9 Å². The summed E-state index contributed by atoms with van der Waals surface area (Å²) in [5.41, 5.74) is 1.96. The highest BCUT2D eigenvalue weighted by Crippen LogP contribution is 2.23. The topological polar surface area (TPSA) is 80.5 Å². The Bertz CT molecular complexity index is 1260. The summed E-state index contributed by atoms with van der Waals surface area (Å²) in [5, 5.41) is 4.51. The normalized spacial score (nSPS) is 10.8. The summed E-state index contributed by atoms with van der Waals surface area (Å²) in [5.74, 6) is -0.678. The fourth-order valence-electron chi connectivity index (χ4n) is 2.87. The van der Waals surface area contributed by atoms with Crippen LogP contribution in [0.25, 0.3) is 16.2 Å². The number of amides is 1. The Hall–Kier alpha value is -3.58. The molecule has 28 heavy (non-hydrogen) atoms. The first kappa shape index (κ1) is 17.8. The van der Waals surface area contributed by atoms with Gasteiger partial charge in [-0.3, -0.25) is 18.8 Å². The molecule has 0 aliphatic rings. The second kappa shape index (κ2) is 7.21. The zero-order valence-electron chi connectivity index (χ0n) is 14.9. The molecule has 0 saturated heterocycles. The summed E-state index contributed by atoms with van der Waals surface area (Å²) in [6.07, 6.45) is 1.28. The first-order chi connectivity index (χ1) is 13.5. The molecular weight excluding hydrogens is 374 g/mol. The van der Waals surface area contributed by atoms with Gasteiger partial charge in [-0.2, -0.15) is 0 Å². The van der Waals surface area contributed by atoms with Gasteiger partial charge < -0.3 is 5.32 Å². The average molecular weight is 389 g/mol. The van der Waals surface area contributed by atoms with Crippen LogP contribution in [0.2, 0.25) is 0 Å². The molecule has 1 N–H and O–H groups in total. The van der Waals surface area contributed by atoms with Crippen molar-refractivity contribution in [2.75, 3.05) is 5.32 Å². The molecule has 2 heterocycles. The summed E-state index contributed by atoms with van der Waals surface area (Å²) in [7, 11) is 0. The number of rotatable bonds is 4. The van der Waals surface area contributed by atoms with E-state index in [2.05, 4.69) is 10.3 Å². The molecule has 2 aromatic heterocycles. The van der Waals surface area contributed by atoms with Crippen molar-refractivity contribution in [1.29, 1.82) is 0 Å². The van der Waals surface area contributed by atoms with Gasteiger partial charge in [0.15, 0.2) is 10.7 Å². The summed E-state index contributed by atoms with van der Waals surface area (Å²) >= 11 is 1.34. The Morgan fingerprint density at radius 2 is 1.86 bits per heavy atom. The number of fused-ring (bicyclic) bond motifs is 1. The number of ketones is 1. The molecule has 4 rings (SSSR count). The van der Waals surface area contributed by atoms with Crippen molar-refractivity contribution in [3.05, 3.63) is 87.7 Å². The minimum Gasteiger partial charge on any atom is -0.322 e. The molecule has 138 valence electrons. The van der Waals surface area contributed by atoms with Crippen LogP contribution in [0.3, 0.4) is 0 Å². The van der Waals surface area contributed by atoms with Crippen molar-refractivity contribution in [2.24, 2.45) is 0 Å². The van der Waals surface area contributed by atoms with Crippen molar-refractivity contribution >= 4 is 33.7 Å². The lowest BCUT2D eigenvalue weighted by Crippen LogP contribution is -2.26. The van der Waals surface area contributed by atoms with E-state index in [4.69, 9.17) is 0 Å². The molecule has 2 aromatic carbocycles. The van der Waals surface area contributed by atoms with Crippen molar-refractivity contribution in [3.63, 3.8) is 0 Å². The molecule has 7 heteroatoms. The number of hydrogen-bond acceptors (Lipinski definition) is 5. The molecular formula is C21H15N3O3S. The second-order valence-electron chi connectivity index (χ2n) is 6.17. The molecule has 0 atom stereocenters. The zero-order valence-corrected chi connectivity index (χ0v) is 15.7. The maximum absolute atomic E-state index is 13.0. The number of thiazole rings is 1. The number of nitrogens with one attached hydrogen (secondary N) is 1. The van der Waals surface area contributed by atoms with Gasteiger partial charge in [-0.05, 0) is 24.6 Å². The van der Waals surface area contributed by atoms with E-state index in [9.17, 15) is 14.4 Å². The van der Waals surface area contributed by atoms with E-state index in [1.807, 2.05) is 35.7 Å². The third-order valence-electron chi connectivity index (χ3n) is 4.29. The van der Waals surface area contributed by atoms with Crippen LogP contribution in [0.1, 0.15) is 27.6 Å². The molecule has 6 nitrogen and oxygen atoms in total. The van der Waals surface area contributed by atoms with Crippen molar-refractivity contribution in [2.45, 2.75) is 6.92 Å². The van der Waals surface area contributed by atoms with Crippen molar-refractivity contribution in [3.8, 4) is 11.3 Å². The van der Waals surface area contributed by atoms with Crippen LogP contribution in [0.4, 0.5) is 5.69 Å². The predicted octanol–water partition coefficient (Wildman–Crippen LogP) is 3.88. The number of aromatic nitrogens is 2. The van der Waals surface area contributed by atoms with Crippen LogP contribution in [-0.4, -0.2) is 21.1 Å². The number of hydrogen-bond donors (Lipinski definition) is 1. The largest absolute Gasteiger partial charge is 0.322 e. The monoisotopic (exact) mass is 389 g/mol. The predicted molar refractivity (Wildman–Crippen MR) is 109 cm³/mol. The van der Waals surface area contributed by atoms with E-state index in [0.717, 1.165) is 5.56 Å². The Balaban J connectivity index is 1.74. The van der Waals surface area contributed by atoms with Crippen LogP contribution in [-0.2, 0) is 0 Å². The van der Waals surface area contributed by atoms with Crippen LogP contribution in [0.15, 0.2) is 71.0 Å². The Morgan fingerprint density at radius 1 is 1.07 bits per heavy atom. The van der Waals surface area contributed by atoms with Crippen LogP contribution >= 0.6 is 11.3 Å². The van der Waals surface area contributed by atoms with Gasteiger partial charge in [-0.25, -0.2) is 4.98 Å². The van der Waals surface area contributed by atoms with Gasteiger partial charge in [0, 0.05) is 22.8 Å². The lowest BCUT2D eigenvalue weighted by atomic mass is 10.1. The highest BCUT2D eigenvalue weighted by atomic mass is 32.1. The number of Topliss-reactive ketones (excluding diaryl/α,β-unsaturated/α-hetero) is 1. The van der Waals surface area contributed by atoms with E-state index in [-0.39, 0.29) is 11.3 Å². The second-order valence-corrected chi connectivity index (χ2v) is 7.01. The Labute approximate surface area is 164 Å². The molecule has 0 radical (unpaired) electrons. The number of carbonyl (C=O) groups excluding carboxylic acids is 2. The standard InChI is InChI=1S/C21H15N3O3S/c1-13(25)15-8-5-9-16(10-15)23-19(26)17-11-22-21-24(20(17)27)18(12-28-21)14-6-3-2-4-7-14/h2-12H,1H3,(H,23,26). The van der Waals surface area contributed by atoms with E-state index < -0.39 is 11.5 Å². The quantitative estimate of drug-likeness (QED) is 0.537. The summed E-state index contributed by atoms with van der Waals surface area (Å²) in [6, 6.07) is 16.0. The minimum absolute atomic E-state index is 0.0682. The lowest BCUT2D eigenvalue weighted by molar-refractivity contribution is 0.101. The average Bonchev–Trinajstić information content (AvgIpc) is 3.14. The van der Waals surface area contributed by atoms with Gasteiger partial charge in [-0.15, -0.1) is 11.3 Å². The number of nitrogens with zero attached hydrogens (tertiary/aromatic N) is 2. The van der Waals surface area contributed by atoms with Crippen molar-refractivity contribution in [1.82, 2.24) is 9.38 Å². The Kier molecular flexibility index (Phi) is 4.58. The van der Waals surface area contributed by atoms with Gasteiger partial charge in [0.25, 0.3) is 11.5 Å². The van der Waals surface area contributed by atoms with E-state index >= 15 is 0 Å². The summed E-state index contributed by atoms with van der Waals surface area (Å²) in [4.78, 5) is 42.0. The first-order valence-corrected chi connectivity index (χ1v) is 9.39. The lowest BCUT2D eigenvalue weighted by Gasteiger charge is -2.07. The summed E-state index contributed by atoms with van der Waals surface area (Å²) < 4.78 is 1.45. The van der Waals surface area contributed by atoms with Gasteiger partial charge >= 0.3 is 0 Å². The van der Waals surface area contributed by atoms with Crippen molar-refractivity contribution < 1.29 is 9.59 Å². The SMILES string of the molecule is CC(=O)c1cccc(NC(=O)c2cnc3scc(-c4ccccc4)n3c2=O)c1. The highest BCUT2D eigenvalue weighted by Gasteiger charge is 2.17. The molecule has 0 spiro atoms. The minimum atomic E-state index is -0.571. The molecule has 0 aliphatic heterocycles. The molecule has 0 saturated carbocycles. The first-order valence-electron chi connectivity index (χ1n) is 8.51. The fourth-order valence-corrected chi connectivity index (χ4v) is 3.73. The van der Waals surface area contributed by atoms with Gasteiger partial charge in [0.1, 0.15) is 5.56 Å². The number of benzene rings is 2. The van der Waals surface area contributed by atoms with E-state index in [1.165, 1.54) is 28.9 Å². The van der Waals surface area contributed by atoms with Crippen LogP contribution < -0.4 is 10.9 Å². The Morgan fingerprint density at radius 3 is 2.61 bits per heavy atom. The molecule has 0 aliphatic carbocycles. The smallest absolute Gasteiger partial charge is 0.271 e. The maximum Gasteiger partial charge on any atom is 0.271 e. The van der Waals surface area contributed by atoms with Crippen LogP contribution in [0, 0.1) is 0 Å². The zero-order chi connectivity index (χ0) is 19.7. The number of carbonyl (C=O) groups is 2. The molecule has 1 amide bonds.